The van der Waals surface area contributed by atoms with Crippen LogP contribution in [0.1, 0.15) is 38.4 Å². The first-order valence-electron chi connectivity index (χ1n) is 9.39. The Bertz CT molecular complexity index is 668. The molecule has 0 aromatic heterocycles. The van der Waals surface area contributed by atoms with Crippen molar-refractivity contribution in [1.82, 2.24) is 10.6 Å². The van der Waals surface area contributed by atoms with E-state index < -0.39 is 9.84 Å². The molecule has 27 heavy (non-hydrogen) atoms. The fraction of sp³-hybridized carbons (Fsp3) is 0.632. The lowest BCUT2D eigenvalue weighted by Crippen LogP contribution is -2.38. The van der Waals surface area contributed by atoms with Crippen LogP contribution in [-0.2, 0) is 14.6 Å². The molecule has 0 aliphatic carbocycles. The molecule has 1 heterocycles. The minimum absolute atomic E-state index is 0. The molecule has 1 aliphatic heterocycles. The fourth-order valence-electron chi connectivity index (χ4n) is 2.94. The smallest absolute Gasteiger partial charge is 0.191 e. The molecule has 0 bridgehead atoms. The Labute approximate surface area is 180 Å². The zero-order valence-electron chi connectivity index (χ0n) is 16.2. The molecular formula is C19H32IN3O3S. The maximum Gasteiger partial charge on any atom is 0.191 e. The van der Waals surface area contributed by atoms with E-state index in [1.165, 1.54) is 5.56 Å². The van der Waals surface area contributed by atoms with Crippen molar-refractivity contribution in [3.05, 3.63) is 35.9 Å². The van der Waals surface area contributed by atoms with Crippen molar-refractivity contribution in [2.24, 2.45) is 10.9 Å². The summed E-state index contributed by atoms with van der Waals surface area (Å²) in [6.45, 7) is 6.83. The summed E-state index contributed by atoms with van der Waals surface area (Å²) in [7, 11) is -2.84. The molecule has 1 saturated heterocycles. The molecule has 2 atom stereocenters. The van der Waals surface area contributed by atoms with Crippen LogP contribution in [0.3, 0.4) is 0 Å². The van der Waals surface area contributed by atoms with Gasteiger partial charge in [-0.25, -0.2) is 8.42 Å². The van der Waals surface area contributed by atoms with Crippen LogP contribution in [0.4, 0.5) is 0 Å². The van der Waals surface area contributed by atoms with Crippen molar-refractivity contribution in [2.45, 2.75) is 32.8 Å². The number of aliphatic imine (C=N–C) groups is 1. The molecule has 1 fully saturated rings. The molecule has 1 aromatic carbocycles. The summed E-state index contributed by atoms with van der Waals surface area (Å²) in [6, 6.07) is 10.2. The van der Waals surface area contributed by atoms with Crippen LogP contribution in [0.15, 0.2) is 35.3 Å². The molecule has 154 valence electrons. The Morgan fingerprint density at radius 3 is 2.67 bits per heavy atom. The summed E-state index contributed by atoms with van der Waals surface area (Å²) in [5, 5.41) is 6.49. The van der Waals surface area contributed by atoms with Crippen LogP contribution >= 0.6 is 24.0 Å². The van der Waals surface area contributed by atoms with Gasteiger partial charge in [-0.2, -0.15) is 0 Å². The van der Waals surface area contributed by atoms with Crippen LogP contribution in [0.25, 0.3) is 0 Å². The number of nitrogens with zero attached hydrogens (tertiary/aromatic N) is 1. The summed E-state index contributed by atoms with van der Waals surface area (Å²) in [6.07, 6.45) is 1.68. The van der Waals surface area contributed by atoms with Gasteiger partial charge >= 0.3 is 0 Å². The van der Waals surface area contributed by atoms with E-state index in [0.717, 1.165) is 31.9 Å². The Balaban J connectivity index is 0.00000364. The van der Waals surface area contributed by atoms with Crippen LogP contribution in [0.2, 0.25) is 0 Å². The van der Waals surface area contributed by atoms with Crippen LogP contribution in [-0.4, -0.2) is 52.1 Å². The molecule has 1 aromatic rings. The largest absolute Gasteiger partial charge is 0.374 e. The minimum atomic E-state index is -2.84. The van der Waals surface area contributed by atoms with E-state index in [2.05, 4.69) is 34.7 Å². The number of hydrogen-bond acceptors (Lipinski definition) is 4. The number of halogens is 1. The highest BCUT2D eigenvalue weighted by Crippen LogP contribution is 2.18. The van der Waals surface area contributed by atoms with Gasteiger partial charge in [0.25, 0.3) is 0 Å². The molecule has 0 radical (unpaired) electrons. The Morgan fingerprint density at radius 2 is 2.04 bits per heavy atom. The summed E-state index contributed by atoms with van der Waals surface area (Å²) in [5.41, 5.74) is 1.18. The molecular weight excluding hydrogens is 477 g/mol. The molecule has 8 heteroatoms. The molecule has 2 N–H and O–H groups in total. The average Bonchev–Trinajstić information content (AvgIpc) is 2.98. The highest BCUT2D eigenvalue weighted by molar-refractivity contribution is 14.0. The Kier molecular flexibility index (Phi) is 11.2. The molecule has 1 aliphatic rings. The Hall–Kier alpha value is -0.870. The SMILES string of the molecule is CCNC(=NCC1CCS(=O)(=O)C1)NCCCOC(C)c1ccccc1.I. The molecule has 6 nitrogen and oxygen atoms in total. The third kappa shape index (κ3) is 9.25. The highest BCUT2D eigenvalue weighted by Gasteiger charge is 2.27. The van der Waals surface area contributed by atoms with E-state index in [0.29, 0.717) is 18.9 Å². The zero-order valence-corrected chi connectivity index (χ0v) is 19.3. The molecule has 2 unspecified atom stereocenters. The third-order valence-corrected chi connectivity index (χ3v) is 6.27. The second kappa shape index (κ2) is 12.6. The first kappa shape index (κ1) is 24.2. The molecule has 2 rings (SSSR count). The predicted molar refractivity (Wildman–Crippen MR) is 122 cm³/mol. The topological polar surface area (TPSA) is 79.8 Å². The number of nitrogens with one attached hydrogen (secondary N) is 2. The second-order valence-corrected chi connectivity index (χ2v) is 8.92. The lowest BCUT2D eigenvalue weighted by molar-refractivity contribution is 0.0646. The molecule has 0 saturated carbocycles. The Morgan fingerprint density at radius 1 is 1.30 bits per heavy atom. The van der Waals surface area contributed by atoms with E-state index in [4.69, 9.17) is 4.74 Å². The van der Waals surface area contributed by atoms with Gasteiger partial charge in [0, 0.05) is 26.2 Å². The predicted octanol–water partition coefficient (Wildman–Crippen LogP) is 2.76. The van der Waals surface area contributed by atoms with Gasteiger partial charge in [-0.1, -0.05) is 30.3 Å². The lowest BCUT2D eigenvalue weighted by atomic mass is 10.1. The maximum atomic E-state index is 11.5. The first-order chi connectivity index (χ1) is 12.5. The third-order valence-electron chi connectivity index (χ3n) is 4.43. The van der Waals surface area contributed by atoms with E-state index in [9.17, 15) is 8.42 Å². The van der Waals surface area contributed by atoms with Crippen molar-refractivity contribution < 1.29 is 13.2 Å². The monoisotopic (exact) mass is 509 g/mol. The standard InChI is InChI=1S/C19H31N3O3S.HI/c1-3-20-19(22-14-17-10-13-26(23,24)15-17)21-11-7-12-25-16(2)18-8-5-4-6-9-18;/h4-6,8-9,16-17H,3,7,10-15H2,1-2H3,(H2,20,21,22);1H. The van der Waals surface area contributed by atoms with Crippen LogP contribution in [0, 0.1) is 5.92 Å². The zero-order chi connectivity index (χ0) is 18.8. The summed E-state index contributed by atoms with van der Waals surface area (Å²) < 4.78 is 28.9. The average molecular weight is 509 g/mol. The first-order valence-corrected chi connectivity index (χ1v) is 11.2. The van der Waals surface area contributed by atoms with Crippen molar-refractivity contribution >= 4 is 39.8 Å². The molecule has 0 amide bonds. The van der Waals surface area contributed by atoms with Crippen LogP contribution in [0.5, 0.6) is 0 Å². The van der Waals surface area contributed by atoms with E-state index >= 15 is 0 Å². The maximum absolute atomic E-state index is 11.5. The van der Waals surface area contributed by atoms with E-state index in [1.807, 2.05) is 25.1 Å². The summed E-state index contributed by atoms with van der Waals surface area (Å²) in [4.78, 5) is 4.53. The lowest BCUT2D eigenvalue weighted by Gasteiger charge is -2.15. The van der Waals surface area contributed by atoms with Crippen molar-refractivity contribution in [2.75, 3.05) is 37.7 Å². The number of benzene rings is 1. The number of rotatable bonds is 9. The highest BCUT2D eigenvalue weighted by atomic mass is 127. The van der Waals surface area contributed by atoms with Crippen molar-refractivity contribution in [1.29, 1.82) is 0 Å². The van der Waals surface area contributed by atoms with Crippen LogP contribution < -0.4 is 10.6 Å². The van der Waals surface area contributed by atoms with Gasteiger partial charge in [-0.3, -0.25) is 4.99 Å². The van der Waals surface area contributed by atoms with Gasteiger partial charge in [0.05, 0.1) is 17.6 Å². The quantitative estimate of drug-likeness (QED) is 0.232. The number of guanidine groups is 1. The summed E-state index contributed by atoms with van der Waals surface area (Å²) in [5.74, 6) is 1.45. The van der Waals surface area contributed by atoms with Gasteiger partial charge in [0.2, 0.25) is 0 Å². The minimum Gasteiger partial charge on any atom is -0.374 e. The van der Waals surface area contributed by atoms with Gasteiger partial charge < -0.3 is 15.4 Å². The number of ether oxygens (including phenoxy) is 1. The van der Waals surface area contributed by atoms with E-state index in [1.54, 1.807) is 0 Å². The van der Waals surface area contributed by atoms with Gasteiger partial charge in [0.1, 0.15) is 0 Å². The van der Waals surface area contributed by atoms with E-state index in [-0.39, 0.29) is 41.8 Å². The molecule has 0 spiro atoms. The van der Waals surface area contributed by atoms with Gasteiger partial charge in [-0.05, 0) is 38.2 Å². The van der Waals surface area contributed by atoms with Crippen molar-refractivity contribution in [3.63, 3.8) is 0 Å². The normalized spacial score (nSPS) is 19.9. The number of sulfone groups is 1. The fourth-order valence-corrected chi connectivity index (χ4v) is 4.79. The summed E-state index contributed by atoms with van der Waals surface area (Å²) >= 11 is 0. The van der Waals surface area contributed by atoms with Gasteiger partial charge in [-0.15, -0.1) is 24.0 Å². The van der Waals surface area contributed by atoms with Gasteiger partial charge in [0.15, 0.2) is 15.8 Å². The number of hydrogen-bond donors (Lipinski definition) is 2. The van der Waals surface area contributed by atoms with Crippen molar-refractivity contribution in [3.8, 4) is 0 Å². The second-order valence-electron chi connectivity index (χ2n) is 6.69.